The highest BCUT2D eigenvalue weighted by molar-refractivity contribution is 7.90. The van der Waals surface area contributed by atoms with E-state index in [0.29, 0.717) is 61.2 Å². The van der Waals surface area contributed by atoms with Crippen molar-refractivity contribution < 1.29 is 46.2 Å². The molecule has 1 N–H and O–H groups in total. The van der Waals surface area contributed by atoms with Crippen molar-refractivity contribution in [3.8, 4) is 11.6 Å². The van der Waals surface area contributed by atoms with Crippen molar-refractivity contribution in [1.29, 1.82) is 0 Å². The molecule has 1 aromatic carbocycles. The molecule has 0 radical (unpaired) electrons. The van der Waals surface area contributed by atoms with Crippen LogP contribution in [0.1, 0.15) is 105 Å². The first kappa shape index (κ1) is 41.1. The second-order valence-electron chi connectivity index (χ2n) is 18.4. The fourth-order valence-corrected chi connectivity index (χ4v) is 9.96. The van der Waals surface area contributed by atoms with Crippen LogP contribution in [0.2, 0.25) is 0 Å². The topological polar surface area (TPSA) is 158 Å². The maximum Gasteiger partial charge on any atom is 0.307 e. The van der Waals surface area contributed by atoms with E-state index in [4.69, 9.17) is 14.2 Å². The van der Waals surface area contributed by atoms with Gasteiger partial charge in [-0.15, -0.1) is 0 Å². The van der Waals surface area contributed by atoms with Gasteiger partial charge in [0.25, 0.3) is 0 Å². The number of carbonyl (C=O) groups excluding carboxylic acids is 4. The average Bonchev–Trinajstić information content (AvgIpc) is 4.02. The molecule has 14 heteroatoms. The lowest BCUT2D eigenvalue weighted by atomic mass is 9.82. The molecule has 7 rings (SSSR count). The molecule has 3 aliphatic carbocycles. The number of nitrogens with zero attached hydrogens (tertiary/aromatic N) is 2. The first-order valence-electron chi connectivity index (χ1n) is 20.6. The van der Waals surface area contributed by atoms with E-state index in [1.807, 2.05) is 19.1 Å². The van der Waals surface area contributed by atoms with Gasteiger partial charge in [0, 0.05) is 18.2 Å². The van der Waals surface area contributed by atoms with Crippen molar-refractivity contribution in [3.05, 3.63) is 42.4 Å². The zero-order chi connectivity index (χ0) is 40.9. The van der Waals surface area contributed by atoms with E-state index in [0.717, 1.165) is 19.3 Å². The fraction of sp³-hybridized carbons (Fsp3) is 0.651. The number of hydrogen-bond donors (Lipinski definition) is 1. The van der Waals surface area contributed by atoms with Gasteiger partial charge in [0.1, 0.15) is 23.3 Å². The van der Waals surface area contributed by atoms with Crippen molar-refractivity contribution >= 4 is 44.4 Å². The summed E-state index contributed by atoms with van der Waals surface area (Å²) in [5.41, 5.74) is -2.06. The van der Waals surface area contributed by atoms with Crippen molar-refractivity contribution in [2.75, 3.05) is 13.2 Å². The molecule has 1 saturated heterocycles. The quantitative estimate of drug-likeness (QED) is 0.209. The van der Waals surface area contributed by atoms with Crippen LogP contribution in [0.4, 0.5) is 4.39 Å². The van der Waals surface area contributed by atoms with E-state index >= 15 is 0 Å². The summed E-state index contributed by atoms with van der Waals surface area (Å²) >= 11 is 0. The number of ether oxygens (including phenoxy) is 3. The Hall–Kier alpha value is -4.07. The molecular formula is C43H56FN3O9S. The number of sulfonamides is 1. The summed E-state index contributed by atoms with van der Waals surface area (Å²) in [5, 5.41) is 0.382. The standard InChI is InChI=1S/C43H56FN3O9S/c1-25-8-6-7-9-28-20-43(28,41(51)46-57(52,53)31-13-14-31)21-36(48)35-18-30(23-47(35)40(50)33(26(2)16-25)19-38(49)56-42(3,4)5)55-39-34-17-29(44)12-15-32(34)37(22-45-39)54-24-27-10-11-27/h7,9,12,15,17,22,25-28,30-31,33,35H,6,8,10-11,13-14,16,18-21,23-24H2,1-5H3,(H,46,51)/b9-7-/t25-,26+,28+,30+,33-,35-,43+/m0/s1. The SMILES string of the molecule is C[C@H]1CC/C=C\[C@@H]2C[C@@]2(C(=O)NS(=O)(=O)C2CC2)CC(=O)[C@@H]2C[C@@H](Oc3ncc(OCC4CC4)c4ccc(F)cc34)CN2C(=O)[C@@H](CC(=O)OC(C)(C)C)[C@H](C)C1. The molecule has 4 fully saturated rings. The molecule has 57 heavy (non-hydrogen) atoms. The Morgan fingerprint density at radius 1 is 1.05 bits per heavy atom. The van der Waals surface area contributed by atoms with E-state index < -0.39 is 73.7 Å². The summed E-state index contributed by atoms with van der Waals surface area (Å²) in [7, 11) is -3.88. The number of allylic oxidation sites excluding steroid dienone is 2. The molecular weight excluding hydrogens is 754 g/mol. The summed E-state index contributed by atoms with van der Waals surface area (Å²) < 4.78 is 61.1. The number of carbonyl (C=O) groups is 4. The van der Waals surface area contributed by atoms with Gasteiger partial charge in [0.15, 0.2) is 5.78 Å². The van der Waals surface area contributed by atoms with Crippen LogP contribution in [-0.4, -0.2) is 78.0 Å². The van der Waals surface area contributed by atoms with Gasteiger partial charge in [-0.3, -0.25) is 23.9 Å². The Balaban J connectivity index is 1.21. The van der Waals surface area contributed by atoms with Crippen LogP contribution in [0.15, 0.2) is 36.5 Å². The van der Waals surface area contributed by atoms with Crippen molar-refractivity contribution in [2.45, 2.75) is 128 Å². The molecule has 0 spiro atoms. The zero-order valence-corrected chi connectivity index (χ0v) is 34.4. The molecule has 0 unspecified atom stereocenters. The number of rotatable bonds is 10. The number of aromatic nitrogens is 1. The molecule has 0 bridgehead atoms. The summed E-state index contributed by atoms with van der Waals surface area (Å²) in [4.78, 5) is 62.8. The van der Waals surface area contributed by atoms with Gasteiger partial charge in [-0.1, -0.05) is 26.0 Å². The van der Waals surface area contributed by atoms with Gasteiger partial charge >= 0.3 is 5.97 Å². The maximum absolute atomic E-state index is 14.9. The summed E-state index contributed by atoms with van der Waals surface area (Å²) in [6, 6.07) is 3.24. The first-order chi connectivity index (χ1) is 26.9. The molecule has 7 atom stereocenters. The molecule has 12 nitrogen and oxygen atoms in total. The van der Waals surface area contributed by atoms with Gasteiger partial charge in [-0.05, 0) is 114 Å². The Kier molecular flexibility index (Phi) is 11.5. The number of Topliss-reactive ketones (excluding diaryl/α,β-unsaturated/α-hetero) is 1. The largest absolute Gasteiger partial charge is 0.491 e. The lowest BCUT2D eigenvalue weighted by Gasteiger charge is -2.32. The van der Waals surface area contributed by atoms with Crippen LogP contribution in [0, 0.1) is 40.8 Å². The lowest BCUT2D eigenvalue weighted by Crippen LogP contribution is -2.47. The first-order valence-corrected chi connectivity index (χ1v) is 22.1. The Labute approximate surface area is 334 Å². The Morgan fingerprint density at radius 2 is 1.81 bits per heavy atom. The average molecular weight is 810 g/mol. The summed E-state index contributed by atoms with van der Waals surface area (Å²) in [6.45, 7) is 9.85. The number of hydrogen-bond acceptors (Lipinski definition) is 10. The highest BCUT2D eigenvalue weighted by Gasteiger charge is 2.61. The minimum atomic E-state index is -3.88. The van der Waals surface area contributed by atoms with Gasteiger partial charge < -0.3 is 19.1 Å². The van der Waals surface area contributed by atoms with Gasteiger partial charge in [-0.2, -0.15) is 0 Å². The molecule has 2 aliphatic heterocycles. The number of pyridine rings is 1. The Bertz CT molecular complexity index is 2040. The minimum absolute atomic E-state index is 0.0284. The van der Waals surface area contributed by atoms with Crippen LogP contribution < -0.4 is 14.2 Å². The van der Waals surface area contributed by atoms with Gasteiger partial charge in [-0.25, -0.2) is 17.8 Å². The number of esters is 1. The van der Waals surface area contributed by atoms with Crippen LogP contribution in [0.5, 0.6) is 11.6 Å². The van der Waals surface area contributed by atoms with Crippen LogP contribution in [0.3, 0.4) is 0 Å². The molecule has 1 aromatic heterocycles. The van der Waals surface area contributed by atoms with Crippen LogP contribution in [0.25, 0.3) is 10.8 Å². The van der Waals surface area contributed by atoms with Gasteiger partial charge in [0.2, 0.25) is 27.7 Å². The van der Waals surface area contributed by atoms with Crippen molar-refractivity contribution in [3.63, 3.8) is 0 Å². The third-order valence-electron chi connectivity index (χ3n) is 12.2. The number of ketones is 1. The lowest BCUT2D eigenvalue weighted by molar-refractivity contribution is -0.160. The monoisotopic (exact) mass is 809 g/mol. The third-order valence-corrected chi connectivity index (χ3v) is 14.0. The number of fused-ring (bicyclic) bond motifs is 3. The van der Waals surface area contributed by atoms with Crippen LogP contribution in [-0.2, 0) is 33.9 Å². The minimum Gasteiger partial charge on any atom is -0.491 e. The van der Waals surface area contributed by atoms with E-state index in [2.05, 4.69) is 16.6 Å². The zero-order valence-electron chi connectivity index (χ0n) is 33.6. The predicted octanol–water partition coefficient (Wildman–Crippen LogP) is 6.45. The molecule has 2 aromatic rings. The van der Waals surface area contributed by atoms with E-state index in [9.17, 15) is 32.0 Å². The highest BCUT2D eigenvalue weighted by atomic mass is 32.2. The third kappa shape index (κ3) is 9.63. The molecule has 5 aliphatic rings. The molecule has 2 amide bonds. The van der Waals surface area contributed by atoms with Crippen molar-refractivity contribution in [2.24, 2.45) is 35.0 Å². The van der Waals surface area contributed by atoms with Crippen LogP contribution >= 0.6 is 0 Å². The predicted molar refractivity (Wildman–Crippen MR) is 210 cm³/mol. The summed E-state index contributed by atoms with van der Waals surface area (Å²) in [6.07, 6.45) is 9.87. The number of halogens is 1. The molecule has 3 heterocycles. The fourth-order valence-electron chi connectivity index (χ4n) is 8.57. The van der Waals surface area contributed by atoms with Crippen molar-refractivity contribution in [1.82, 2.24) is 14.6 Å². The number of amides is 2. The van der Waals surface area contributed by atoms with E-state index in [-0.39, 0.29) is 49.4 Å². The Morgan fingerprint density at radius 3 is 2.51 bits per heavy atom. The van der Waals surface area contributed by atoms with E-state index in [1.165, 1.54) is 17.0 Å². The second-order valence-corrected chi connectivity index (χ2v) is 20.3. The number of nitrogens with one attached hydrogen (secondary N) is 1. The summed E-state index contributed by atoms with van der Waals surface area (Å²) in [5.74, 6) is -2.63. The highest BCUT2D eigenvalue weighted by Crippen LogP contribution is 2.57. The molecule has 3 saturated carbocycles. The second kappa shape index (κ2) is 15.9. The van der Waals surface area contributed by atoms with E-state index in [1.54, 1.807) is 33.0 Å². The normalized spacial score (nSPS) is 30.4. The maximum atomic E-state index is 14.9. The smallest absolute Gasteiger partial charge is 0.307 e. The number of benzene rings is 1. The molecule has 310 valence electrons. The van der Waals surface area contributed by atoms with Gasteiger partial charge in [0.05, 0.1) is 53.8 Å².